The second kappa shape index (κ2) is 15.9. The highest BCUT2D eigenvalue weighted by Crippen LogP contribution is 2.43. The maximum Gasteiger partial charge on any atom is 0.266 e. The first-order chi connectivity index (χ1) is 22.7. The van der Waals surface area contributed by atoms with Crippen molar-refractivity contribution in [1.29, 1.82) is 0 Å². The number of ether oxygens (including phenoxy) is 2. The molecule has 5 rings (SSSR count). The molecule has 0 aromatic heterocycles. The fourth-order valence-corrected chi connectivity index (χ4v) is 7.07. The molecule has 2 atom stereocenters. The van der Waals surface area contributed by atoms with Crippen LogP contribution in [0.5, 0.6) is 5.75 Å². The monoisotopic (exact) mass is 739 g/mol. The van der Waals surface area contributed by atoms with Crippen molar-refractivity contribution < 1.29 is 27.8 Å². The molecule has 0 saturated heterocycles. The number of aliphatic hydroxyl groups is 1. The standard InChI is InChI=1S/C35H35BrClN3O6S/c36-28-15-11-26(12-16-28)32-35(20-24-47(43,44)30-8-2-1-3-9-30,34(42)40-38-21-19-25-7-4-5-10-31(25)37)39-33(46-32)27-13-17-29(18-14-27)45-23-6-22-41/h1-5,7-18,32,38,41H,6,19-24H2,(H,40,42)/t32-,35-/m0/s1. The van der Waals surface area contributed by atoms with Gasteiger partial charge >= 0.3 is 0 Å². The fraction of sp³-hybridized carbons (Fsp3) is 0.257. The molecule has 12 heteroatoms. The number of nitrogens with one attached hydrogen (secondary N) is 2. The van der Waals surface area contributed by atoms with Crippen molar-refractivity contribution in [3.8, 4) is 5.75 Å². The van der Waals surface area contributed by atoms with Crippen molar-refractivity contribution in [3.05, 3.63) is 129 Å². The SMILES string of the molecule is O=C(NNCCc1ccccc1Cl)[C@@]1(CCS(=O)(=O)c2ccccc2)N=C(c2ccc(OCCCO)cc2)O[C@H]1c1ccc(Br)cc1. The van der Waals surface area contributed by atoms with Crippen LogP contribution in [-0.4, -0.2) is 56.4 Å². The lowest BCUT2D eigenvalue weighted by Crippen LogP contribution is -2.53. The molecular weight excluding hydrogens is 706 g/mol. The Balaban J connectivity index is 1.48. The highest BCUT2D eigenvalue weighted by molar-refractivity contribution is 9.10. The summed E-state index contributed by atoms with van der Waals surface area (Å²) < 4.78 is 40.0. The van der Waals surface area contributed by atoms with Gasteiger partial charge in [0.15, 0.2) is 21.5 Å². The molecule has 1 aliphatic rings. The van der Waals surface area contributed by atoms with Gasteiger partial charge in [-0.15, -0.1) is 0 Å². The third-order valence-electron chi connectivity index (χ3n) is 7.74. The topological polar surface area (TPSA) is 126 Å². The van der Waals surface area contributed by atoms with Crippen LogP contribution in [0.1, 0.15) is 35.6 Å². The van der Waals surface area contributed by atoms with E-state index in [-0.39, 0.29) is 29.6 Å². The van der Waals surface area contributed by atoms with Gasteiger partial charge in [-0.05, 0) is 72.1 Å². The molecule has 4 aromatic carbocycles. The smallest absolute Gasteiger partial charge is 0.266 e. The second-order valence-corrected chi connectivity index (χ2v) is 14.4. The minimum atomic E-state index is -3.78. The summed E-state index contributed by atoms with van der Waals surface area (Å²) in [5.74, 6) is -0.0876. The number of hydrogen-bond donors (Lipinski definition) is 3. The summed E-state index contributed by atoms with van der Waals surface area (Å²) in [6.45, 7) is 0.757. The first kappa shape index (κ1) is 34.6. The maximum atomic E-state index is 14.3. The van der Waals surface area contributed by atoms with Gasteiger partial charge < -0.3 is 14.6 Å². The number of carbonyl (C=O) groups excluding carboxylic acids is 1. The lowest BCUT2D eigenvalue weighted by molar-refractivity contribution is -0.130. The minimum Gasteiger partial charge on any atom is -0.494 e. The van der Waals surface area contributed by atoms with E-state index in [1.165, 1.54) is 12.1 Å². The van der Waals surface area contributed by atoms with E-state index < -0.39 is 27.4 Å². The Labute approximate surface area is 288 Å². The Bertz CT molecular complexity index is 1790. The van der Waals surface area contributed by atoms with Gasteiger partial charge in [-0.2, -0.15) is 0 Å². The summed E-state index contributed by atoms with van der Waals surface area (Å²) in [7, 11) is -3.78. The molecule has 0 unspecified atom stereocenters. The Kier molecular flexibility index (Phi) is 11.7. The summed E-state index contributed by atoms with van der Waals surface area (Å²) in [5, 5.41) is 9.68. The summed E-state index contributed by atoms with van der Waals surface area (Å²) in [6, 6.07) is 30.0. The molecule has 9 nitrogen and oxygen atoms in total. The van der Waals surface area contributed by atoms with Crippen LogP contribution in [0.4, 0.5) is 0 Å². The van der Waals surface area contributed by atoms with E-state index in [1.54, 1.807) is 48.5 Å². The number of hydrogen-bond acceptors (Lipinski definition) is 8. The molecule has 0 saturated carbocycles. The summed E-state index contributed by atoms with van der Waals surface area (Å²) in [6.07, 6.45) is -0.0529. The predicted octanol–water partition coefficient (Wildman–Crippen LogP) is 5.85. The summed E-state index contributed by atoms with van der Waals surface area (Å²) >= 11 is 9.78. The third kappa shape index (κ3) is 8.60. The van der Waals surface area contributed by atoms with Crippen LogP contribution in [0, 0.1) is 0 Å². The van der Waals surface area contributed by atoms with Crippen molar-refractivity contribution >= 4 is 49.2 Å². The normalized spacial score (nSPS) is 17.5. The van der Waals surface area contributed by atoms with Crippen LogP contribution in [0.15, 0.2) is 117 Å². The van der Waals surface area contributed by atoms with Crippen molar-refractivity contribution in [3.63, 3.8) is 0 Å². The van der Waals surface area contributed by atoms with Crippen LogP contribution in [-0.2, 0) is 25.8 Å². The molecule has 0 radical (unpaired) electrons. The first-order valence-corrected chi connectivity index (χ1v) is 17.9. The molecule has 1 aliphatic heterocycles. The molecule has 1 amide bonds. The lowest BCUT2D eigenvalue weighted by Gasteiger charge is -2.30. The van der Waals surface area contributed by atoms with Gasteiger partial charge in [0.05, 0.1) is 17.3 Å². The summed E-state index contributed by atoms with van der Waals surface area (Å²) in [4.78, 5) is 19.4. The predicted molar refractivity (Wildman–Crippen MR) is 185 cm³/mol. The highest BCUT2D eigenvalue weighted by atomic mass is 79.9. The van der Waals surface area contributed by atoms with Gasteiger partial charge in [0.25, 0.3) is 5.91 Å². The van der Waals surface area contributed by atoms with E-state index >= 15 is 0 Å². The third-order valence-corrected chi connectivity index (χ3v) is 10.4. The van der Waals surface area contributed by atoms with E-state index in [2.05, 4.69) is 26.8 Å². The molecule has 0 spiro atoms. The highest BCUT2D eigenvalue weighted by Gasteiger charge is 2.53. The Morgan fingerprint density at radius 1 is 0.979 bits per heavy atom. The number of carbonyl (C=O) groups is 1. The molecule has 0 aliphatic carbocycles. The van der Waals surface area contributed by atoms with Crippen molar-refractivity contribution in [2.75, 3.05) is 25.5 Å². The molecule has 246 valence electrons. The van der Waals surface area contributed by atoms with Crippen LogP contribution in [0.25, 0.3) is 0 Å². The van der Waals surface area contributed by atoms with Crippen LogP contribution < -0.4 is 15.6 Å². The number of hydrazine groups is 1. The van der Waals surface area contributed by atoms with E-state index in [0.29, 0.717) is 47.9 Å². The number of halogens is 2. The molecule has 3 N–H and O–H groups in total. The Morgan fingerprint density at radius 2 is 1.68 bits per heavy atom. The second-order valence-electron chi connectivity index (χ2n) is 10.9. The Morgan fingerprint density at radius 3 is 2.38 bits per heavy atom. The summed E-state index contributed by atoms with van der Waals surface area (Å²) in [5.41, 5.74) is 6.28. The maximum absolute atomic E-state index is 14.3. The first-order valence-electron chi connectivity index (χ1n) is 15.1. The zero-order valence-corrected chi connectivity index (χ0v) is 28.6. The fourth-order valence-electron chi connectivity index (χ4n) is 5.19. The van der Waals surface area contributed by atoms with E-state index in [4.69, 9.17) is 31.2 Å². The van der Waals surface area contributed by atoms with Gasteiger partial charge in [-0.25, -0.2) is 18.8 Å². The van der Waals surface area contributed by atoms with Gasteiger partial charge in [0, 0.05) is 41.1 Å². The number of amides is 1. The van der Waals surface area contributed by atoms with Crippen molar-refractivity contribution in [2.45, 2.75) is 35.8 Å². The van der Waals surface area contributed by atoms with Crippen molar-refractivity contribution in [2.24, 2.45) is 4.99 Å². The number of benzene rings is 4. The average molecular weight is 741 g/mol. The van der Waals surface area contributed by atoms with Crippen LogP contribution in [0.3, 0.4) is 0 Å². The largest absolute Gasteiger partial charge is 0.494 e. The quantitative estimate of drug-likeness (QED) is 0.103. The van der Waals surface area contributed by atoms with Gasteiger partial charge in [-0.1, -0.05) is 76.1 Å². The average Bonchev–Trinajstić information content (AvgIpc) is 3.48. The van der Waals surface area contributed by atoms with Gasteiger partial charge in [0.1, 0.15) is 5.75 Å². The van der Waals surface area contributed by atoms with E-state index in [1.807, 2.05) is 42.5 Å². The van der Waals surface area contributed by atoms with Gasteiger partial charge in [0.2, 0.25) is 5.90 Å². The number of aliphatic imine (C=N–C) groups is 1. The molecule has 0 fully saturated rings. The number of rotatable bonds is 15. The van der Waals surface area contributed by atoms with Crippen molar-refractivity contribution in [1.82, 2.24) is 10.9 Å². The zero-order valence-electron chi connectivity index (χ0n) is 25.4. The zero-order chi connectivity index (χ0) is 33.3. The lowest BCUT2D eigenvalue weighted by atomic mass is 9.85. The van der Waals surface area contributed by atoms with Crippen LogP contribution in [0.2, 0.25) is 5.02 Å². The van der Waals surface area contributed by atoms with Crippen LogP contribution >= 0.6 is 27.5 Å². The van der Waals surface area contributed by atoms with E-state index in [0.717, 1.165) is 10.0 Å². The number of nitrogens with zero attached hydrogens (tertiary/aromatic N) is 1. The van der Waals surface area contributed by atoms with E-state index in [9.17, 15) is 13.2 Å². The number of aliphatic hydroxyl groups excluding tert-OH is 1. The molecule has 0 bridgehead atoms. The molecular formula is C35H35BrClN3O6S. The molecule has 4 aromatic rings. The molecule has 47 heavy (non-hydrogen) atoms. The van der Waals surface area contributed by atoms with Gasteiger partial charge in [-0.3, -0.25) is 10.2 Å². The Hall–Kier alpha value is -3.74. The number of sulfone groups is 1. The molecule has 1 heterocycles. The minimum absolute atomic E-state index is 0.0270.